The number of aromatic nitrogens is 9. The van der Waals surface area contributed by atoms with Crippen LogP contribution in [0.2, 0.25) is 0 Å². The SMILES string of the molecule is Nc1nc2c(nnn2[C@@H]2O[C@H](CO[PH](O)=S)CC2OP(O)(=S)OC[C@H]2O[C@@H](n3cnc4c(N)ncnc43)[C@@H](F)[C@@H]2O)c(=O)[nH]1. The number of ether oxygens (including phenoxy) is 2. The summed E-state index contributed by atoms with van der Waals surface area (Å²) in [6, 6.07) is 0. The number of nitrogens with zero attached hydrogens (tertiary/aromatic N) is 8. The lowest BCUT2D eigenvalue weighted by Gasteiger charge is -2.25. The zero-order valence-electron chi connectivity index (χ0n) is 22.0. The van der Waals surface area contributed by atoms with Gasteiger partial charge < -0.3 is 49.4 Å². The zero-order chi connectivity index (χ0) is 31.3. The molecule has 25 heteroatoms. The molecule has 2 aliphatic rings. The van der Waals surface area contributed by atoms with Gasteiger partial charge in [0.05, 0.1) is 25.6 Å². The molecule has 0 radical (unpaired) electrons. The molecule has 0 bridgehead atoms. The fourth-order valence-electron chi connectivity index (χ4n) is 4.82. The third-order valence-corrected chi connectivity index (χ3v) is 9.11. The van der Waals surface area contributed by atoms with Gasteiger partial charge in [0.2, 0.25) is 5.95 Å². The van der Waals surface area contributed by atoms with Crippen LogP contribution in [0.5, 0.6) is 0 Å². The predicted octanol–water partition coefficient (Wildman–Crippen LogP) is -1.46. The van der Waals surface area contributed by atoms with Gasteiger partial charge in [-0.1, -0.05) is 5.21 Å². The van der Waals surface area contributed by atoms with Crippen molar-refractivity contribution in [1.82, 2.24) is 44.5 Å². The molecule has 44 heavy (non-hydrogen) atoms. The molecule has 6 rings (SSSR count). The summed E-state index contributed by atoms with van der Waals surface area (Å²) in [6.45, 7) is -4.84. The van der Waals surface area contributed by atoms with E-state index >= 15 is 4.39 Å². The third-order valence-electron chi connectivity index (χ3n) is 6.76. The number of alkyl halides is 1. The topological polar surface area (TPSA) is 279 Å². The number of halogens is 1. The maximum Gasteiger partial charge on any atom is 0.325 e. The lowest BCUT2D eigenvalue weighted by Crippen LogP contribution is -2.31. The number of hydrogen-bond donors (Lipinski definition) is 6. The Balaban J connectivity index is 1.17. The van der Waals surface area contributed by atoms with Crippen LogP contribution in [0, 0.1) is 0 Å². The van der Waals surface area contributed by atoms with Crippen LogP contribution in [0.1, 0.15) is 18.9 Å². The molecule has 238 valence electrons. The molecule has 4 aromatic rings. The Hall–Kier alpha value is -2.66. The molecule has 0 aliphatic carbocycles. The zero-order valence-corrected chi connectivity index (χ0v) is 25.5. The number of nitrogens with two attached hydrogens (primary N) is 2. The molecule has 0 amide bonds. The van der Waals surface area contributed by atoms with Crippen LogP contribution in [-0.2, 0) is 46.7 Å². The second-order valence-corrected chi connectivity index (χ2v) is 14.3. The van der Waals surface area contributed by atoms with Gasteiger partial charge in [0, 0.05) is 6.42 Å². The molecule has 0 saturated carbocycles. The number of imidazole rings is 1. The van der Waals surface area contributed by atoms with Gasteiger partial charge in [-0.15, -0.1) is 5.10 Å². The van der Waals surface area contributed by atoms with Gasteiger partial charge in [-0.2, -0.15) is 9.67 Å². The van der Waals surface area contributed by atoms with Gasteiger partial charge >= 0.3 is 6.72 Å². The summed E-state index contributed by atoms with van der Waals surface area (Å²) >= 11 is 9.92. The number of anilines is 2. The number of nitrogens with one attached hydrogen (secondary N) is 1. The average Bonchev–Trinajstić information content (AvgIpc) is 3.73. The maximum absolute atomic E-state index is 15.2. The third kappa shape index (κ3) is 6.10. The number of aliphatic hydroxyl groups excluding tert-OH is 1. The van der Waals surface area contributed by atoms with Crippen LogP contribution in [0.15, 0.2) is 17.4 Å². The van der Waals surface area contributed by atoms with E-state index in [1.807, 2.05) is 0 Å². The van der Waals surface area contributed by atoms with Crippen molar-refractivity contribution in [3.63, 3.8) is 0 Å². The van der Waals surface area contributed by atoms with Gasteiger partial charge in [0.25, 0.3) is 5.56 Å². The smallest absolute Gasteiger partial charge is 0.325 e. The second-order valence-electron chi connectivity index (χ2n) is 9.61. The first-order valence-electron chi connectivity index (χ1n) is 12.6. The van der Waals surface area contributed by atoms with Crippen molar-refractivity contribution < 1.29 is 42.3 Å². The molecule has 2 saturated heterocycles. The van der Waals surface area contributed by atoms with Crippen molar-refractivity contribution in [2.45, 2.75) is 49.5 Å². The molecule has 2 aliphatic heterocycles. The van der Waals surface area contributed by atoms with Gasteiger partial charge in [-0.05, 0) is 23.6 Å². The average molecular weight is 696 g/mol. The lowest BCUT2D eigenvalue weighted by molar-refractivity contribution is -0.0576. The minimum absolute atomic E-state index is 0.0351. The number of fused-ring (bicyclic) bond motifs is 2. The molecule has 4 aromatic heterocycles. The van der Waals surface area contributed by atoms with Gasteiger partial charge in [0.1, 0.15) is 30.2 Å². The summed E-state index contributed by atoms with van der Waals surface area (Å²) < 4.78 is 45.5. The summed E-state index contributed by atoms with van der Waals surface area (Å²) in [5.41, 5.74) is 11.0. The van der Waals surface area contributed by atoms with Crippen molar-refractivity contribution in [3.8, 4) is 0 Å². The molecule has 0 spiro atoms. The van der Waals surface area contributed by atoms with Crippen molar-refractivity contribution >= 4 is 71.6 Å². The lowest BCUT2D eigenvalue weighted by atomic mass is 10.1. The molecule has 6 heterocycles. The van der Waals surface area contributed by atoms with Crippen molar-refractivity contribution in [1.29, 1.82) is 0 Å². The van der Waals surface area contributed by atoms with Crippen LogP contribution in [0.3, 0.4) is 0 Å². The maximum atomic E-state index is 15.2. The van der Waals surface area contributed by atoms with E-state index in [2.05, 4.69) is 35.2 Å². The van der Waals surface area contributed by atoms with E-state index in [1.165, 1.54) is 17.2 Å². The Morgan fingerprint density at radius 3 is 2.77 bits per heavy atom. The van der Waals surface area contributed by atoms with Crippen molar-refractivity contribution in [2.75, 3.05) is 24.7 Å². The number of aliphatic hydroxyl groups is 1. The summed E-state index contributed by atoms with van der Waals surface area (Å²) in [6.07, 6.45) is -6.77. The van der Waals surface area contributed by atoms with Crippen molar-refractivity contribution in [2.24, 2.45) is 0 Å². The highest BCUT2D eigenvalue weighted by molar-refractivity contribution is 8.07. The highest BCUT2D eigenvalue weighted by Gasteiger charge is 2.47. The molecule has 2 fully saturated rings. The van der Waals surface area contributed by atoms with E-state index in [4.69, 9.17) is 58.1 Å². The predicted molar refractivity (Wildman–Crippen MR) is 155 cm³/mol. The molecule has 8 N–H and O–H groups in total. The molecular formula is C19H24FN11O9P2S2. The van der Waals surface area contributed by atoms with E-state index in [1.54, 1.807) is 0 Å². The van der Waals surface area contributed by atoms with E-state index in [9.17, 15) is 19.7 Å². The minimum Gasteiger partial charge on any atom is -0.387 e. The molecule has 3 unspecified atom stereocenters. The quantitative estimate of drug-likeness (QED) is 0.103. The molecule has 20 nitrogen and oxygen atoms in total. The molecular weight excluding hydrogens is 671 g/mol. The summed E-state index contributed by atoms with van der Waals surface area (Å²) in [5, 5.41) is 18.3. The standard InChI is InChI=1S/C19H24FN11O9P2S2/c20-9-12(32)8(39-18(9)30-5-25-10-13(21)23-4-24-14(10)30)3-37-42(35,44)40-7-1-6(2-36-41(34)43)38-17(7)31-15-11(28-29-31)16(33)27-19(22)26-15/h4-9,12,17-18,32,41H,1-3H2,(H,34,43)(H,35,44)(H2,21,23,24)(H3,22,26,27,33)/t6-,7?,8+,9-,12+,17+,18+,42?/m0/s1. The number of hydrogen-bond acceptors (Lipinski definition) is 17. The van der Waals surface area contributed by atoms with Gasteiger partial charge in [-0.25, -0.2) is 19.3 Å². The number of nitrogen functional groups attached to an aromatic ring is 2. The van der Waals surface area contributed by atoms with E-state index in [-0.39, 0.29) is 47.1 Å². The highest BCUT2D eigenvalue weighted by atomic mass is 32.5. The summed E-state index contributed by atoms with van der Waals surface area (Å²) in [4.78, 5) is 51.0. The number of H-pyrrole nitrogens is 1. The summed E-state index contributed by atoms with van der Waals surface area (Å²) in [5.74, 6) is -0.134. The van der Waals surface area contributed by atoms with Crippen LogP contribution >= 0.6 is 13.9 Å². The van der Waals surface area contributed by atoms with Crippen LogP contribution < -0.4 is 17.0 Å². The Bertz CT molecular complexity index is 1830. The number of aromatic amines is 1. The first kappa shape index (κ1) is 31.3. The van der Waals surface area contributed by atoms with E-state index in [0.717, 1.165) is 4.68 Å². The van der Waals surface area contributed by atoms with Crippen LogP contribution in [0.4, 0.5) is 16.2 Å². The van der Waals surface area contributed by atoms with Crippen molar-refractivity contribution in [3.05, 3.63) is 23.0 Å². The normalized spacial score (nSPS) is 29.4. The first-order valence-corrected chi connectivity index (χ1v) is 17.7. The number of rotatable bonds is 10. The second kappa shape index (κ2) is 12.3. The monoisotopic (exact) mass is 695 g/mol. The van der Waals surface area contributed by atoms with Gasteiger partial charge in [-0.3, -0.25) is 14.3 Å². The Morgan fingerprint density at radius 1 is 1.20 bits per heavy atom. The first-order chi connectivity index (χ1) is 20.9. The van der Waals surface area contributed by atoms with E-state index in [0.29, 0.717) is 0 Å². The Labute approximate surface area is 255 Å². The fourth-order valence-corrected chi connectivity index (χ4v) is 6.79. The minimum atomic E-state index is -4.14. The summed E-state index contributed by atoms with van der Waals surface area (Å²) in [7, 11) is -2.47. The highest BCUT2D eigenvalue weighted by Crippen LogP contribution is 2.50. The van der Waals surface area contributed by atoms with Gasteiger partial charge in [0.15, 0.2) is 48.4 Å². The van der Waals surface area contributed by atoms with Crippen LogP contribution in [-0.4, -0.2) is 103 Å². The fraction of sp³-hybridized carbons (Fsp3) is 0.526. The molecule has 9 atom stereocenters. The molecule has 0 aromatic carbocycles. The Morgan fingerprint density at radius 2 is 2.00 bits per heavy atom. The largest absolute Gasteiger partial charge is 0.387 e. The van der Waals surface area contributed by atoms with E-state index < -0.39 is 69.1 Å². The Kier molecular flexibility index (Phi) is 8.73. The van der Waals surface area contributed by atoms with Crippen LogP contribution in [0.25, 0.3) is 22.3 Å².